The Labute approximate surface area is 111 Å². The highest BCUT2D eigenvalue weighted by Gasteiger charge is 2.12. The van der Waals surface area contributed by atoms with E-state index in [1.807, 2.05) is 48.5 Å². The fourth-order valence-electron chi connectivity index (χ4n) is 1.78. The molecule has 2 aromatic rings. The van der Waals surface area contributed by atoms with E-state index in [0.29, 0.717) is 5.75 Å². The van der Waals surface area contributed by atoms with E-state index in [-0.39, 0.29) is 6.61 Å². The number of benzene rings is 2. The first-order valence-corrected chi connectivity index (χ1v) is 5.88. The van der Waals surface area contributed by atoms with Gasteiger partial charge in [-0.05, 0) is 11.5 Å². The van der Waals surface area contributed by atoms with E-state index in [9.17, 15) is 4.79 Å². The van der Waals surface area contributed by atoms with E-state index in [2.05, 4.69) is 0 Å². The molecule has 0 bridgehead atoms. The molecule has 0 radical (unpaired) electrons. The lowest BCUT2D eigenvalue weighted by atomic mass is 10.1. The zero-order valence-electron chi connectivity index (χ0n) is 10.5. The van der Waals surface area contributed by atoms with Crippen molar-refractivity contribution in [2.75, 3.05) is 6.61 Å². The third kappa shape index (κ3) is 3.23. The number of fused-ring (bicyclic) bond motifs is 1. The lowest BCUT2D eigenvalue weighted by Crippen LogP contribution is -2.22. The van der Waals surface area contributed by atoms with Gasteiger partial charge in [-0.1, -0.05) is 36.4 Å². The van der Waals surface area contributed by atoms with Crippen LogP contribution in [0, 0.1) is 11.3 Å². The third-order valence-corrected chi connectivity index (χ3v) is 2.59. The molecule has 4 heteroatoms. The van der Waals surface area contributed by atoms with Crippen LogP contribution < -0.4 is 4.74 Å². The number of rotatable bonds is 4. The molecule has 2 aromatic carbocycles. The summed E-state index contributed by atoms with van der Waals surface area (Å²) in [6.07, 6.45) is -0.892. The van der Waals surface area contributed by atoms with E-state index in [1.165, 1.54) is 6.92 Å². The van der Waals surface area contributed by atoms with Crippen LogP contribution in [0.5, 0.6) is 5.75 Å². The summed E-state index contributed by atoms with van der Waals surface area (Å²) >= 11 is 0. The summed E-state index contributed by atoms with van der Waals surface area (Å²) in [6, 6.07) is 15.4. The first-order valence-electron chi connectivity index (χ1n) is 5.88. The first kappa shape index (κ1) is 12.9. The smallest absolute Gasteiger partial charge is 0.304 e. The van der Waals surface area contributed by atoms with Gasteiger partial charge < -0.3 is 9.47 Å². The second-order valence-electron chi connectivity index (χ2n) is 4.02. The van der Waals surface area contributed by atoms with Gasteiger partial charge in [-0.25, -0.2) is 0 Å². The summed E-state index contributed by atoms with van der Waals surface area (Å²) in [6.45, 7) is 1.28. The number of hydrogen-bond donors (Lipinski definition) is 0. The molecule has 19 heavy (non-hydrogen) atoms. The molecule has 2 rings (SSSR count). The van der Waals surface area contributed by atoms with Crippen molar-refractivity contribution < 1.29 is 14.3 Å². The third-order valence-electron chi connectivity index (χ3n) is 2.59. The van der Waals surface area contributed by atoms with Gasteiger partial charge in [0, 0.05) is 12.3 Å². The van der Waals surface area contributed by atoms with Gasteiger partial charge in [-0.3, -0.25) is 4.79 Å². The van der Waals surface area contributed by atoms with Gasteiger partial charge in [-0.2, -0.15) is 5.26 Å². The van der Waals surface area contributed by atoms with Crippen molar-refractivity contribution in [3.63, 3.8) is 0 Å². The molecule has 0 aliphatic heterocycles. The number of nitriles is 1. The standard InChI is InChI=1S/C15H13NO3/c1-11(17)19-13(9-16)10-18-15-8-4-6-12-5-2-3-7-14(12)15/h2-8,13H,10H2,1H3/t13-/m1/s1. The Balaban J connectivity index is 2.13. The Morgan fingerprint density at radius 1 is 1.26 bits per heavy atom. The maximum atomic E-state index is 10.8. The van der Waals surface area contributed by atoms with Crippen LogP contribution in [0.15, 0.2) is 42.5 Å². The largest absolute Gasteiger partial charge is 0.488 e. The van der Waals surface area contributed by atoms with Crippen molar-refractivity contribution in [1.82, 2.24) is 0 Å². The van der Waals surface area contributed by atoms with Crippen molar-refractivity contribution in [3.8, 4) is 11.8 Å². The van der Waals surface area contributed by atoms with Gasteiger partial charge in [0.15, 0.2) is 0 Å². The van der Waals surface area contributed by atoms with E-state index in [0.717, 1.165) is 10.8 Å². The molecule has 96 valence electrons. The van der Waals surface area contributed by atoms with Crippen LogP contribution in [0.3, 0.4) is 0 Å². The number of nitrogens with zero attached hydrogens (tertiary/aromatic N) is 1. The molecule has 0 amide bonds. The molecule has 0 saturated heterocycles. The van der Waals surface area contributed by atoms with E-state index in [1.54, 1.807) is 0 Å². The van der Waals surface area contributed by atoms with Crippen molar-refractivity contribution in [2.45, 2.75) is 13.0 Å². The highest BCUT2D eigenvalue weighted by molar-refractivity contribution is 5.88. The van der Waals surface area contributed by atoms with Crippen molar-refractivity contribution in [1.29, 1.82) is 5.26 Å². The van der Waals surface area contributed by atoms with Crippen molar-refractivity contribution in [2.24, 2.45) is 0 Å². The zero-order chi connectivity index (χ0) is 13.7. The van der Waals surface area contributed by atoms with Gasteiger partial charge in [0.25, 0.3) is 0 Å². The molecule has 4 nitrogen and oxygen atoms in total. The van der Waals surface area contributed by atoms with Crippen LogP contribution in [-0.2, 0) is 9.53 Å². The highest BCUT2D eigenvalue weighted by atomic mass is 16.6. The molecule has 0 unspecified atom stereocenters. The molecule has 0 N–H and O–H groups in total. The summed E-state index contributed by atoms with van der Waals surface area (Å²) in [5.41, 5.74) is 0. The van der Waals surface area contributed by atoms with Gasteiger partial charge in [-0.15, -0.1) is 0 Å². The summed E-state index contributed by atoms with van der Waals surface area (Å²) in [7, 11) is 0. The SMILES string of the molecule is CC(=O)O[C@H](C#N)COc1cccc2ccccc12. The number of ether oxygens (including phenoxy) is 2. The second-order valence-corrected chi connectivity index (χ2v) is 4.02. The van der Waals surface area contributed by atoms with Crippen LogP contribution in [0.2, 0.25) is 0 Å². The van der Waals surface area contributed by atoms with E-state index < -0.39 is 12.1 Å². The molecule has 0 aromatic heterocycles. The van der Waals surface area contributed by atoms with Crippen LogP contribution in [0.1, 0.15) is 6.92 Å². The predicted molar refractivity (Wildman–Crippen MR) is 70.6 cm³/mol. The number of carbonyl (C=O) groups excluding carboxylic acids is 1. The fraction of sp³-hybridized carbons (Fsp3) is 0.200. The molecule has 0 fully saturated rings. The Bertz CT molecular complexity index is 625. The van der Waals surface area contributed by atoms with Gasteiger partial charge in [0.2, 0.25) is 6.10 Å². The van der Waals surface area contributed by atoms with Crippen LogP contribution in [0.25, 0.3) is 10.8 Å². The minimum Gasteiger partial charge on any atom is -0.488 e. The van der Waals surface area contributed by atoms with E-state index >= 15 is 0 Å². The monoisotopic (exact) mass is 255 g/mol. The van der Waals surface area contributed by atoms with E-state index in [4.69, 9.17) is 14.7 Å². The zero-order valence-corrected chi connectivity index (χ0v) is 10.5. The molecule has 0 spiro atoms. The fourth-order valence-corrected chi connectivity index (χ4v) is 1.78. The minimum absolute atomic E-state index is 0.0179. The average Bonchev–Trinajstić information content (AvgIpc) is 2.43. The molecular weight excluding hydrogens is 242 g/mol. The molecule has 0 aliphatic carbocycles. The predicted octanol–water partition coefficient (Wildman–Crippen LogP) is 2.67. The topological polar surface area (TPSA) is 59.3 Å². The van der Waals surface area contributed by atoms with Gasteiger partial charge >= 0.3 is 5.97 Å². The van der Waals surface area contributed by atoms with Crippen LogP contribution in [0.4, 0.5) is 0 Å². The Morgan fingerprint density at radius 2 is 2.00 bits per heavy atom. The lowest BCUT2D eigenvalue weighted by Gasteiger charge is -2.12. The summed E-state index contributed by atoms with van der Waals surface area (Å²) in [5, 5.41) is 10.9. The normalized spacial score (nSPS) is 11.6. The van der Waals surface area contributed by atoms with Crippen LogP contribution >= 0.6 is 0 Å². The number of carbonyl (C=O) groups is 1. The summed E-state index contributed by atoms with van der Waals surface area (Å²) < 4.78 is 10.4. The van der Waals surface area contributed by atoms with Gasteiger partial charge in [0.05, 0.1) is 0 Å². The Morgan fingerprint density at radius 3 is 2.74 bits per heavy atom. The highest BCUT2D eigenvalue weighted by Crippen LogP contribution is 2.25. The van der Waals surface area contributed by atoms with Crippen molar-refractivity contribution in [3.05, 3.63) is 42.5 Å². The van der Waals surface area contributed by atoms with Crippen molar-refractivity contribution >= 4 is 16.7 Å². The Hall–Kier alpha value is -2.54. The maximum Gasteiger partial charge on any atom is 0.304 e. The van der Waals surface area contributed by atoms with Crippen LogP contribution in [-0.4, -0.2) is 18.7 Å². The molecule has 0 aliphatic rings. The number of esters is 1. The first-order chi connectivity index (χ1) is 9.20. The maximum absolute atomic E-state index is 10.8. The summed E-state index contributed by atoms with van der Waals surface area (Å²) in [5.74, 6) is 0.179. The van der Waals surface area contributed by atoms with Gasteiger partial charge in [0.1, 0.15) is 18.4 Å². The quantitative estimate of drug-likeness (QED) is 0.788. The second kappa shape index (κ2) is 5.87. The Kier molecular flexibility index (Phi) is 3.99. The molecular formula is C15H13NO3. The molecule has 0 heterocycles. The lowest BCUT2D eigenvalue weighted by molar-refractivity contribution is -0.144. The number of hydrogen-bond acceptors (Lipinski definition) is 4. The molecule has 1 atom stereocenters. The summed E-state index contributed by atoms with van der Waals surface area (Å²) in [4.78, 5) is 10.8. The minimum atomic E-state index is -0.892. The molecule has 0 saturated carbocycles. The average molecular weight is 255 g/mol.